The van der Waals surface area contributed by atoms with Crippen LogP contribution in [0.15, 0.2) is 61.2 Å². The van der Waals surface area contributed by atoms with Gasteiger partial charge in [-0.1, -0.05) is 54.6 Å². The summed E-state index contributed by atoms with van der Waals surface area (Å²) in [6.07, 6.45) is 1.54. The molecule has 2 heteroatoms. The molecule has 0 amide bonds. The molecule has 2 nitrogen and oxygen atoms in total. The molecule has 1 unspecified atom stereocenters. The first-order valence-corrected chi connectivity index (χ1v) is 6.18. The number of methoxy groups -OCH3 is 1. The van der Waals surface area contributed by atoms with Crippen LogP contribution in [0.3, 0.4) is 0 Å². The van der Waals surface area contributed by atoms with Gasteiger partial charge < -0.3 is 9.84 Å². The molecule has 2 aromatic carbocycles. The molecule has 0 fully saturated rings. The Morgan fingerprint density at radius 1 is 1.16 bits per heavy atom. The van der Waals surface area contributed by atoms with Crippen molar-refractivity contribution in [3.05, 3.63) is 77.9 Å². The van der Waals surface area contributed by atoms with Gasteiger partial charge in [-0.15, -0.1) is 0 Å². The van der Waals surface area contributed by atoms with Crippen molar-refractivity contribution in [2.75, 3.05) is 7.11 Å². The lowest BCUT2D eigenvalue weighted by atomic mass is 9.85. The standard InChI is InChI=1S/C17H18O2/c1-4-17(18,14-8-6-5-7-9-14)15-12-13(2)10-11-16(15)19-3/h4-12,18H,1H2,2-3H3. The molecule has 0 aliphatic heterocycles. The van der Waals surface area contributed by atoms with E-state index in [4.69, 9.17) is 4.74 Å². The number of ether oxygens (including phenoxy) is 1. The smallest absolute Gasteiger partial charge is 0.136 e. The Bertz CT molecular complexity index is 575. The van der Waals surface area contributed by atoms with E-state index in [1.165, 1.54) is 0 Å². The Hall–Kier alpha value is -2.06. The molecule has 0 saturated heterocycles. The van der Waals surface area contributed by atoms with Gasteiger partial charge in [-0.3, -0.25) is 0 Å². The van der Waals surface area contributed by atoms with E-state index in [1.54, 1.807) is 13.2 Å². The van der Waals surface area contributed by atoms with Crippen LogP contribution in [0.4, 0.5) is 0 Å². The second-order valence-electron chi connectivity index (χ2n) is 4.54. The monoisotopic (exact) mass is 254 g/mol. The molecule has 0 aliphatic carbocycles. The fourth-order valence-corrected chi connectivity index (χ4v) is 2.20. The summed E-state index contributed by atoms with van der Waals surface area (Å²) < 4.78 is 5.36. The van der Waals surface area contributed by atoms with E-state index in [9.17, 15) is 5.11 Å². The number of aryl methyl sites for hydroxylation is 1. The van der Waals surface area contributed by atoms with E-state index in [2.05, 4.69) is 6.58 Å². The summed E-state index contributed by atoms with van der Waals surface area (Å²) in [6, 6.07) is 15.2. The van der Waals surface area contributed by atoms with Crippen LogP contribution >= 0.6 is 0 Å². The molecule has 2 aromatic rings. The number of hydrogen-bond acceptors (Lipinski definition) is 2. The number of rotatable bonds is 4. The summed E-state index contributed by atoms with van der Waals surface area (Å²) in [5.74, 6) is 0.650. The topological polar surface area (TPSA) is 29.5 Å². The van der Waals surface area contributed by atoms with Gasteiger partial charge in [0.1, 0.15) is 11.4 Å². The molecule has 19 heavy (non-hydrogen) atoms. The van der Waals surface area contributed by atoms with Crippen LogP contribution in [0.2, 0.25) is 0 Å². The molecule has 0 radical (unpaired) electrons. The van der Waals surface area contributed by atoms with Gasteiger partial charge in [0.2, 0.25) is 0 Å². The van der Waals surface area contributed by atoms with Gasteiger partial charge in [0, 0.05) is 5.56 Å². The minimum Gasteiger partial charge on any atom is -0.496 e. The van der Waals surface area contributed by atoms with E-state index in [1.807, 2.05) is 55.5 Å². The molecule has 0 saturated carbocycles. The number of aliphatic hydroxyl groups is 1. The quantitative estimate of drug-likeness (QED) is 0.847. The average Bonchev–Trinajstić information content (AvgIpc) is 2.47. The van der Waals surface area contributed by atoms with Crippen molar-refractivity contribution in [3.8, 4) is 5.75 Å². The summed E-state index contributed by atoms with van der Waals surface area (Å²) in [5, 5.41) is 11.0. The third kappa shape index (κ3) is 2.40. The van der Waals surface area contributed by atoms with Crippen molar-refractivity contribution >= 4 is 0 Å². The lowest BCUT2D eigenvalue weighted by Crippen LogP contribution is -2.25. The first-order valence-electron chi connectivity index (χ1n) is 6.18. The van der Waals surface area contributed by atoms with Crippen LogP contribution in [-0.2, 0) is 5.60 Å². The highest BCUT2D eigenvalue weighted by atomic mass is 16.5. The molecule has 1 N–H and O–H groups in total. The van der Waals surface area contributed by atoms with Gasteiger partial charge in [0.15, 0.2) is 0 Å². The van der Waals surface area contributed by atoms with Crippen molar-refractivity contribution in [2.45, 2.75) is 12.5 Å². The fourth-order valence-electron chi connectivity index (χ4n) is 2.20. The van der Waals surface area contributed by atoms with Crippen LogP contribution in [0, 0.1) is 6.92 Å². The predicted molar refractivity (Wildman–Crippen MR) is 77.4 cm³/mol. The Morgan fingerprint density at radius 2 is 1.84 bits per heavy atom. The summed E-state index contributed by atoms with van der Waals surface area (Å²) >= 11 is 0. The van der Waals surface area contributed by atoms with Crippen LogP contribution in [0.5, 0.6) is 5.75 Å². The zero-order valence-electron chi connectivity index (χ0n) is 11.3. The van der Waals surface area contributed by atoms with E-state index in [-0.39, 0.29) is 0 Å². The maximum absolute atomic E-state index is 11.0. The maximum atomic E-state index is 11.0. The van der Waals surface area contributed by atoms with Gasteiger partial charge in [-0.25, -0.2) is 0 Å². The molecule has 0 aliphatic rings. The second kappa shape index (κ2) is 5.29. The number of benzene rings is 2. The second-order valence-corrected chi connectivity index (χ2v) is 4.54. The molecular weight excluding hydrogens is 236 g/mol. The highest BCUT2D eigenvalue weighted by Crippen LogP contribution is 2.37. The van der Waals surface area contributed by atoms with Gasteiger partial charge in [-0.05, 0) is 24.6 Å². The summed E-state index contributed by atoms with van der Waals surface area (Å²) in [6.45, 7) is 5.77. The molecule has 0 bridgehead atoms. The van der Waals surface area contributed by atoms with Crippen molar-refractivity contribution in [3.63, 3.8) is 0 Å². The largest absolute Gasteiger partial charge is 0.496 e. The number of hydrogen-bond donors (Lipinski definition) is 1. The first-order chi connectivity index (χ1) is 9.11. The molecule has 1 atom stereocenters. The van der Waals surface area contributed by atoms with Crippen molar-refractivity contribution in [2.24, 2.45) is 0 Å². The van der Waals surface area contributed by atoms with Crippen LogP contribution < -0.4 is 4.74 Å². The predicted octanol–water partition coefficient (Wildman–Crippen LogP) is 3.43. The zero-order valence-corrected chi connectivity index (χ0v) is 11.3. The Morgan fingerprint density at radius 3 is 2.42 bits per heavy atom. The Labute approximate surface area is 114 Å². The molecule has 98 valence electrons. The average molecular weight is 254 g/mol. The molecule has 0 heterocycles. The third-order valence-corrected chi connectivity index (χ3v) is 3.27. The SMILES string of the molecule is C=CC(O)(c1ccccc1)c1cc(C)ccc1OC. The molecule has 0 spiro atoms. The Balaban J connectivity index is 2.65. The highest BCUT2D eigenvalue weighted by Gasteiger charge is 2.31. The summed E-state index contributed by atoms with van der Waals surface area (Å²) in [7, 11) is 1.60. The minimum atomic E-state index is -1.25. The van der Waals surface area contributed by atoms with Crippen molar-refractivity contribution in [1.82, 2.24) is 0 Å². The van der Waals surface area contributed by atoms with Gasteiger partial charge in [0.25, 0.3) is 0 Å². The third-order valence-electron chi connectivity index (χ3n) is 3.27. The maximum Gasteiger partial charge on any atom is 0.136 e. The minimum absolute atomic E-state index is 0.650. The molecular formula is C17H18O2. The lowest BCUT2D eigenvalue weighted by molar-refractivity contribution is 0.131. The summed E-state index contributed by atoms with van der Waals surface area (Å²) in [5.41, 5.74) is 1.29. The van der Waals surface area contributed by atoms with Gasteiger partial charge in [-0.2, -0.15) is 0 Å². The van der Waals surface area contributed by atoms with Gasteiger partial charge >= 0.3 is 0 Å². The van der Waals surface area contributed by atoms with Crippen LogP contribution in [0.1, 0.15) is 16.7 Å². The van der Waals surface area contributed by atoms with Gasteiger partial charge in [0.05, 0.1) is 7.11 Å². The Kier molecular flexibility index (Phi) is 3.72. The van der Waals surface area contributed by atoms with Crippen molar-refractivity contribution < 1.29 is 9.84 Å². The lowest BCUT2D eigenvalue weighted by Gasteiger charge is -2.27. The highest BCUT2D eigenvalue weighted by molar-refractivity contribution is 5.49. The van der Waals surface area contributed by atoms with E-state index in [0.29, 0.717) is 11.3 Å². The van der Waals surface area contributed by atoms with E-state index >= 15 is 0 Å². The normalized spacial score (nSPS) is 13.6. The van der Waals surface area contributed by atoms with E-state index < -0.39 is 5.60 Å². The summed E-state index contributed by atoms with van der Waals surface area (Å²) in [4.78, 5) is 0. The molecule has 2 rings (SSSR count). The fraction of sp³-hybridized carbons (Fsp3) is 0.176. The van der Waals surface area contributed by atoms with Crippen LogP contribution in [0.25, 0.3) is 0 Å². The van der Waals surface area contributed by atoms with E-state index in [0.717, 1.165) is 11.1 Å². The van der Waals surface area contributed by atoms with Crippen LogP contribution in [-0.4, -0.2) is 12.2 Å². The first kappa shape index (κ1) is 13.4. The van der Waals surface area contributed by atoms with Crippen molar-refractivity contribution in [1.29, 1.82) is 0 Å². The zero-order chi connectivity index (χ0) is 13.9. The molecule has 0 aromatic heterocycles.